The van der Waals surface area contributed by atoms with Crippen LogP contribution in [0.2, 0.25) is 0 Å². The fourth-order valence-electron chi connectivity index (χ4n) is 2.94. The van der Waals surface area contributed by atoms with Gasteiger partial charge in [0.2, 0.25) is 0 Å². The van der Waals surface area contributed by atoms with Crippen molar-refractivity contribution in [1.29, 1.82) is 0 Å². The monoisotopic (exact) mass is 291 g/mol. The van der Waals surface area contributed by atoms with Gasteiger partial charge in [0.1, 0.15) is 5.75 Å². The minimum Gasteiger partial charge on any atom is -0.497 e. The van der Waals surface area contributed by atoms with Crippen molar-refractivity contribution < 1.29 is 4.74 Å². The topological polar surface area (TPSA) is 27.7 Å². The third kappa shape index (κ3) is 4.70. The number of nitrogens with one attached hydrogen (secondary N) is 1. The summed E-state index contributed by atoms with van der Waals surface area (Å²) in [4.78, 5) is 5.09. The van der Waals surface area contributed by atoms with E-state index >= 15 is 0 Å². The van der Waals surface area contributed by atoms with Crippen molar-refractivity contribution in [2.24, 2.45) is 0 Å². The van der Waals surface area contributed by atoms with Crippen LogP contribution >= 0.6 is 0 Å². The lowest BCUT2D eigenvalue weighted by Gasteiger charge is -2.36. The lowest BCUT2D eigenvalue weighted by molar-refractivity contribution is 0.127. The van der Waals surface area contributed by atoms with Gasteiger partial charge in [0.25, 0.3) is 0 Å². The van der Waals surface area contributed by atoms with Gasteiger partial charge in [-0.25, -0.2) is 0 Å². The van der Waals surface area contributed by atoms with Crippen molar-refractivity contribution in [3.63, 3.8) is 0 Å². The molecule has 0 spiro atoms. The van der Waals surface area contributed by atoms with Crippen LogP contribution < -0.4 is 10.1 Å². The number of benzene rings is 1. The Hall–Kier alpha value is -1.10. The average Bonchev–Trinajstić information content (AvgIpc) is 2.55. The van der Waals surface area contributed by atoms with Crippen LogP contribution in [0.5, 0.6) is 5.75 Å². The molecule has 0 amide bonds. The summed E-state index contributed by atoms with van der Waals surface area (Å²) >= 11 is 0. The summed E-state index contributed by atoms with van der Waals surface area (Å²) < 4.78 is 5.35. The second-order valence-electron chi connectivity index (χ2n) is 5.62. The van der Waals surface area contributed by atoms with Crippen LogP contribution in [0.3, 0.4) is 0 Å². The Morgan fingerprint density at radius 3 is 2.48 bits per heavy atom. The summed E-state index contributed by atoms with van der Waals surface area (Å²) in [5.74, 6) is 0.936. The number of nitrogens with zero attached hydrogens (tertiary/aromatic N) is 2. The second kappa shape index (κ2) is 8.37. The first-order chi connectivity index (χ1) is 10.3. The summed E-state index contributed by atoms with van der Waals surface area (Å²) in [6, 6.07) is 8.80. The zero-order chi connectivity index (χ0) is 15.1. The van der Waals surface area contributed by atoms with E-state index in [9.17, 15) is 0 Å². The highest BCUT2D eigenvalue weighted by Crippen LogP contribution is 2.20. The van der Waals surface area contributed by atoms with Gasteiger partial charge in [-0.15, -0.1) is 0 Å². The third-order valence-corrected chi connectivity index (χ3v) is 4.30. The van der Waals surface area contributed by atoms with E-state index in [0.29, 0.717) is 6.04 Å². The fourth-order valence-corrected chi connectivity index (χ4v) is 2.94. The predicted molar refractivity (Wildman–Crippen MR) is 88.0 cm³/mol. The maximum Gasteiger partial charge on any atom is 0.119 e. The molecule has 4 nitrogen and oxygen atoms in total. The van der Waals surface area contributed by atoms with Crippen molar-refractivity contribution >= 4 is 0 Å². The summed E-state index contributed by atoms with van der Waals surface area (Å²) in [6.07, 6.45) is 0. The lowest BCUT2D eigenvalue weighted by atomic mass is 10.1. The van der Waals surface area contributed by atoms with Crippen LogP contribution in [0.25, 0.3) is 0 Å². The number of hydrogen-bond donors (Lipinski definition) is 1. The van der Waals surface area contributed by atoms with Crippen LogP contribution in [-0.4, -0.2) is 62.7 Å². The maximum absolute atomic E-state index is 5.35. The molecule has 0 saturated carbocycles. The molecule has 1 saturated heterocycles. The van der Waals surface area contributed by atoms with E-state index in [0.717, 1.165) is 18.8 Å². The first-order valence-electron chi connectivity index (χ1n) is 8.08. The van der Waals surface area contributed by atoms with E-state index in [4.69, 9.17) is 4.74 Å². The van der Waals surface area contributed by atoms with Crippen molar-refractivity contribution in [1.82, 2.24) is 15.1 Å². The van der Waals surface area contributed by atoms with Gasteiger partial charge >= 0.3 is 0 Å². The predicted octanol–water partition coefficient (Wildman–Crippen LogP) is 1.98. The largest absolute Gasteiger partial charge is 0.497 e. The summed E-state index contributed by atoms with van der Waals surface area (Å²) in [5.41, 5.74) is 1.31. The highest BCUT2D eigenvalue weighted by Gasteiger charge is 2.20. The summed E-state index contributed by atoms with van der Waals surface area (Å²) in [6.45, 7) is 12.3. The van der Waals surface area contributed by atoms with Crippen molar-refractivity contribution in [3.8, 4) is 5.75 Å². The Balaban J connectivity index is 1.98. The maximum atomic E-state index is 5.35. The van der Waals surface area contributed by atoms with Crippen LogP contribution in [0.4, 0.5) is 0 Å². The van der Waals surface area contributed by atoms with E-state index < -0.39 is 0 Å². The van der Waals surface area contributed by atoms with Crippen LogP contribution in [0.1, 0.15) is 25.5 Å². The van der Waals surface area contributed by atoms with Gasteiger partial charge in [0.15, 0.2) is 0 Å². The number of piperazine rings is 1. The molecule has 1 N–H and O–H groups in total. The van der Waals surface area contributed by atoms with E-state index in [-0.39, 0.29) is 0 Å². The molecule has 0 aromatic heterocycles. The molecule has 1 fully saturated rings. The molecule has 21 heavy (non-hydrogen) atoms. The van der Waals surface area contributed by atoms with E-state index in [1.165, 1.54) is 38.3 Å². The minimum absolute atomic E-state index is 0.373. The molecule has 2 rings (SSSR count). The molecule has 1 aromatic carbocycles. The second-order valence-corrected chi connectivity index (χ2v) is 5.62. The molecule has 1 aliphatic rings. The average molecular weight is 291 g/mol. The SMILES string of the molecule is CCNC(CN1CCN(CC)CC1)c1cccc(OC)c1. The zero-order valence-electron chi connectivity index (χ0n) is 13.6. The zero-order valence-corrected chi connectivity index (χ0v) is 13.6. The van der Waals surface area contributed by atoms with Crippen LogP contribution in [0.15, 0.2) is 24.3 Å². The molecule has 1 heterocycles. The molecular formula is C17H29N3O. The Morgan fingerprint density at radius 1 is 1.14 bits per heavy atom. The molecule has 1 aliphatic heterocycles. The van der Waals surface area contributed by atoms with Gasteiger partial charge in [-0.3, -0.25) is 4.90 Å². The number of rotatable bonds is 7. The quantitative estimate of drug-likeness (QED) is 0.831. The van der Waals surface area contributed by atoms with E-state index in [1.54, 1.807) is 7.11 Å². The molecule has 1 atom stereocenters. The van der Waals surface area contributed by atoms with Crippen molar-refractivity contribution in [3.05, 3.63) is 29.8 Å². The van der Waals surface area contributed by atoms with Gasteiger partial charge in [-0.2, -0.15) is 0 Å². The molecule has 1 aromatic rings. The minimum atomic E-state index is 0.373. The number of methoxy groups -OCH3 is 1. The Labute approximate surface area is 129 Å². The Morgan fingerprint density at radius 2 is 1.86 bits per heavy atom. The standard InChI is InChI=1S/C17H29N3O/c1-4-18-17(15-7-6-8-16(13-15)21-3)14-20-11-9-19(5-2)10-12-20/h6-8,13,17-18H,4-5,9-12,14H2,1-3H3. The molecule has 0 radical (unpaired) electrons. The molecule has 1 unspecified atom stereocenters. The first kappa shape index (κ1) is 16.3. The van der Waals surface area contributed by atoms with Gasteiger partial charge < -0.3 is 15.0 Å². The molecule has 0 aliphatic carbocycles. The summed E-state index contributed by atoms with van der Waals surface area (Å²) in [5, 5.41) is 3.61. The highest BCUT2D eigenvalue weighted by molar-refractivity contribution is 5.30. The van der Waals surface area contributed by atoms with Crippen molar-refractivity contribution in [2.75, 3.05) is 52.9 Å². The molecule has 4 heteroatoms. The molecule has 118 valence electrons. The number of likely N-dealkylation sites (N-methyl/N-ethyl adjacent to an activating group) is 2. The lowest BCUT2D eigenvalue weighted by Crippen LogP contribution is -2.48. The van der Waals surface area contributed by atoms with Crippen molar-refractivity contribution in [2.45, 2.75) is 19.9 Å². The van der Waals surface area contributed by atoms with Gasteiger partial charge in [0, 0.05) is 38.8 Å². The number of ether oxygens (including phenoxy) is 1. The smallest absolute Gasteiger partial charge is 0.119 e. The Bertz CT molecular complexity index is 416. The van der Waals surface area contributed by atoms with Crippen LogP contribution in [0, 0.1) is 0 Å². The Kier molecular flexibility index (Phi) is 6.49. The first-order valence-corrected chi connectivity index (χ1v) is 8.08. The van der Waals surface area contributed by atoms with Gasteiger partial charge in [0.05, 0.1) is 7.11 Å². The molecular weight excluding hydrogens is 262 g/mol. The number of hydrogen-bond acceptors (Lipinski definition) is 4. The fraction of sp³-hybridized carbons (Fsp3) is 0.647. The van der Waals surface area contributed by atoms with Gasteiger partial charge in [-0.1, -0.05) is 26.0 Å². The third-order valence-electron chi connectivity index (χ3n) is 4.30. The van der Waals surface area contributed by atoms with E-state index in [2.05, 4.69) is 47.2 Å². The van der Waals surface area contributed by atoms with E-state index in [1.807, 2.05) is 6.07 Å². The normalized spacial score (nSPS) is 18.6. The molecule has 0 bridgehead atoms. The van der Waals surface area contributed by atoms with Crippen LogP contribution in [-0.2, 0) is 0 Å². The summed E-state index contributed by atoms with van der Waals surface area (Å²) in [7, 11) is 1.73. The highest BCUT2D eigenvalue weighted by atomic mass is 16.5. The van der Waals surface area contributed by atoms with Gasteiger partial charge in [-0.05, 0) is 30.8 Å².